The van der Waals surface area contributed by atoms with E-state index in [0.717, 1.165) is 30.5 Å². The Balaban J connectivity index is 1.48. The topological polar surface area (TPSA) is 61.4 Å². The van der Waals surface area contributed by atoms with Gasteiger partial charge in [0.2, 0.25) is 5.91 Å². The van der Waals surface area contributed by atoms with Gasteiger partial charge < -0.3 is 15.7 Å². The van der Waals surface area contributed by atoms with Gasteiger partial charge in [0, 0.05) is 31.1 Å². The van der Waals surface area contributed by atoms with Crippen molar-refractivity contribution in [2.75, 3.05) is 6.54 Å². The largest absolute Gasteiger partial charge is 0.390 e. The molecule has 8 heteroatoms. The van der Waals surface area contributed by atoms with Gasteiger partial charge in [0.15, 0.2) is 0 Å². The Bertz CT molecular complexity index is 1190. The highest BCUT2D eigenvalue weighted by atomic mass is 19.1. The molecule has 0 radical (unpaired) electrons. The maximum atomic E-state index is 13.7. The van der Waals surface area contributed by atoms with E-state index in [1.807, 2.05) is 18.2 Å². The van der Waals surface area contributed by atoms with Gasteiger partial charge in [-0.15, -0.1) is 0 Å². The first-order valence-corrected chi connectivity index (χ1v) is 11.4. The standard InChI is InChI=1S/C27H26F4N2O2/c1-16(34)33-25(9-17-7-21(28)13-22(29)8-17)26(35)15-32-27(5-6-27)20-4-2-3-18(10-20)19-11-23(30)14-24(31)12-19/h2-4,7-8,10-14,25-26,32,35H,5-6,9,15H2,1H3,(H,33,34)/t25-,26-/m0/s1. The molecule has 3 aromatic rings. The van der Waals surface area contributed by atoms with E-state index in [1.54, 1.807) is 6.07 Å². The molecule has 0 bridgehead atoms. The van der Waals surface area contributed by atoms with Crippen molar-refractivity contribution in [1.82, 2.24) is 10.6 Å². The van der Waals surface area contributed by atoms with E-state index in [2.05, 4.69) is 10.6 Å². The molecule has 0 aromatic heterocycles. The number of carbonyl (C=O) groups is 1. The Labute approximate surface area is 201 Å². The van der Waals surface area contributed by atoms with Crippen LogP contribution >= 0.6 is 0 Å². The number of aliphatic hydroxyl groups is 1. The van der Waals surface area contributed by atoms with E-state index in [0.29, 0.717) is 16.7 Å². The lowest BCUT2D eigenvalue weighted by molar-refractivity contribution is -0.120. The quantitative estimate of drug-likeness (QED) is 0.388. The molecule has 0 saturated heterocycles. The molecule has 0 aliphatic heterocycles. The summed E-state index contributed by atoms with van der Waals surface area (Å²) in [5.41, 5.74) is 1.90. The zero-order valence-electron chi connectivity index (χ0n) is 19.1. The zero-order valence-corrected chi connectivity index (χ0v) is 19.1. The molecule has 1 saturated carbocycles. The number of halogens is 4. The van der Waals surface area contributed by atoms with Crippen molar-refractivity contribution >= 4 is 5.91 Å². The van der Waals surface area contributed by atoms with Gasteiger partial charge in [-0.05, 0) is 71.8 Å². The first-order valence-electron chi connectivity index (χ1n) is 11.4. The van der Waals surface area contributed by atoms with Crippen molar-refractivity contribution in [3.8, 4) is 11.1 Å². The highest BCUT2D eigenvalue weighted by Gasteiger charge is 2.44. The average molecular weight is 487 g/mol. The van der Waals surface area contributed by atoms with Crippen LogP contribution in [0.4, 0.5) is 17.6 Å². The van der Waals surface area contributed by atoms with E-state index in [-0.39, 0.29) is 18.9 Å². The van der Waals surface area contributed by atoms with Crippen LogP contribution in [0.15, 0.2) is 60.7 Å². The van der Waals surface area contributed by atoms with Crippen molar-refractivity contribution in [2.24, 2.45) is 0 Å². The maximum absolute atomic E-state index is 13.7. The summed E-state index contributed by atoms with van der Waals surface area (Å²) in [4.78, 5) is 11.7. The Hall–Kier alpha value is -3.23. The van der Waals surface area contributed by atoms with Crippen LogP contribution in [0.5, 0.6) is 0 Å². The molecule has 1 aliphatic carbocycles. The molecule has 0 unspecified atom stereocenters. The van der Waals surface area contributed by atoms with E-state index >= 15 is 0 Å². The Morgan fingerprint density at radius 2 is 1.51 bits per heavy atom. The summed E-state index contributed by atoms with van der Waals surface area (Å²) >= 11 is 0. The van der Waals surface area contributed by atoms with Gasteiger partial charge >= 0.3 is 0 Å². The number of rotatable bonds is 9. The first kappa shape index (κ1) is 24.9. The molecule has 1 amide bonds. The monoisotopic (exact) mass is 486 g/mol. The van der Waals surface area contributed by atoms with Crippen molar-refractivity contribution in [2.45, 2.75) is 43.9 Å². The van der Waals surface area contributed by atoms with Gasteiger partial charge in [0.25, 0.3) is 0 Å². The van der Waals surface area contributed by atoms with Crippen LogP contribution in [-0.4, -0.2) is 29.7 Å². The van der Waals surface area contributed by atoms with Gasteiger partial charge in [-0.3, -0.25) is 4.79 Å². The third-order valence-corrected chi connectivity index (χ3v) is 6.24. The normalized spacial score (nSPS) is 15.9. The number of nitrogens with one attached hydrogen (secondary N) is 2. The summed E-state index contributed by atoms with van der Waals surface area (Å²) in [6.45, 7) is 1.42. The Kier molecular flexibility index (Phi) is 7.23. The van der Waals surface area contributed by atoms with Crippen LogP contribution in [-0.2, 0) is 16.8 Å². The van der Waals surface area contributed by atoms with Crippen molar-refractivity contribution in [3.63, 3.8) is 0 Å². The van der Waals surface area contributed by atoms with Gasteiger partial charge in [-0.1, -0.05) is 18.2 Å². The second-order valence-electron chi connectivity index (χ2n) is 9.06. The van der Waals surface area contributed by atoms with Crippen LogP contribution in [0.2, 0.25) is 0 Å². The molecule has 2 atom stereocenters. The van der Waals surface area contributed by atoms with E-state index in [4.69, 9.17) is 0 Å². The van der Waals surface area contributed by atoms with E-state index < -0.39 is 41.0 Å². The summed E-state index contributed by atoms with van der Waals surface area (Å²) in [5.74, 6) is -3.15. The second kappa shape index (κ2) is 10.2. The molecule has 184 valence electrons. The lowest BCUT2D eigenvalue weighted by Crippen LogP contribution is -2.49. The van der Waals surface area contributed by atoms with Gasteiger partial charge in [0.05, 0.1) is 12.1 Å². The average Bonchev–Trinajstić information content (AvgIpc) is 3.57. The van der Waals surface area contributed by atoms with Crippen molar-refractivity contribution in [1.29, 1.82) is 0 Å². The van der Waals surface area contributed by atoms with Gasteiger partial charge in [0.1, 0.15) is 23.3 Å². The van der Waals surface area contributed by atoms with Crippen molar-refractivity contribution < 1.29 is 27.5 Å². The number of amides is 1. The summed E-state index contributed by atoms with van der Waals surface area (Å²) in [7, 11) is 0. The highest BCUT2D eigenvalue weighted by Crippen LogP contribution is 2.46. The first-order chi connectivity index (χ1) is 16.6. The van der Waals surface area contributed by atoms with Crippen LogP contribution in [0.25, 0.3) is 11.1 Å². The fourth-order valence-electron chi connectivity index (χ4n) is 4.38. The maximum Gasteiger partial charge on any atom is 0.217 e. The minimum absolute atomic E-state index is 0.0464. The zero-order chi connectivity index (χ0) is 25.2. The summed E-state index contributed by atoms with van der Waals surface area (Å²) in [6, 6.07) is 13.0. The van der Waals surface area contributed by atoms with E-state index in [1.165, 1.54) is 31.2 Å². The number of hydrogen-bond donors (Lipinski definition) is 3. The van der Waals surface area contributed by atoms with Gasteiger partial charge in [-0.2, -0.15) is 0 Å². The summed E-state index contributed by atoms with van der Waals surface area (Å²) < 4.78 is 54.6. The van der Waals surface area contributed by atoms with Crippen LogP contribution < -0.4 is 10.6 Å². The highest BCUT2D eigenvalue weighted by molar-refractivity contribution is 5.73. The summed E-state index contributed by atoms with van der Waals surface area (Å²) in [6.07, 6.45) is 0.592. The molecular formula is C27H26F4N2O2. The lowest BCUT2D eigenvalue weighted by atomic mass is 9.97. The Morgan fingerprint density at radius 3 is 2.09 bits per heavy atom. The number of benzene rings is 3. The molecule has 0 spiro atoms. The predicted molar refractivity (Wildman–Crippen MR) is 124 cm³/mol. The summed E-state index contributed by atoms with van der Waals surface area (Å²) in [5, 5.41) is 16.9. The molecule has 4 nitrogen and oxygen atoms in total. The molecule has 4 rings (SSSR count). The fourth-order valence-corrected chi connectivity index (χ4v) is 4.38. The van der Waals surface area contributed by atoms with Crippen LogP contribution in [0, 0.1) is 23.3 Å². The van der Waals surface area contributed by atoms with Crippen LogP contribution in [0.1, 0.15) is 30.9 Å². The number of aliphatic hydroxyl groups excluding tert-OH is 1. The Morgan fingerprint density at radius 1 is 0.914 bits per heavy atom. The molecule has 35 heavy (non-hydrogen) atoms. The smallest absolute Gasteiger partial charge is 0.217 e. The number of carbonyl (C=O) groups excluding carboxylic acids is 1. The third kappa shape index (κ3) is 6.26. The van der Waals surface area contributed by atoms with Crippen LogP contribution in [0.3, 0.4) is 0 Å². The third-order valence-electron chi connectivity index (χ3n) is 6.24. The SMILES string of the molecule is CC(=O)N[C@@H](Cc1cc(F)cc(F)c1)[C@@H](O)CNC1(c2cccc(-c3cc(F)cc(F)c3)c2)CC1. The minimum atomic E-state index is -1.04. The van der Waals surface area contributed by atoms with Crippen molar-refractivity contribution in [3.05, 3.63) is 95.1 Å². The molecule has 0 heterocycles. The molecule has 3 aromatic carbocycles. The second-order valence-corrected chi connectivity index (χ2v) is 9.06. The minimum Gasteiger partial charge on any atom is -0.390 e. The van der Waals surface area contributed by atoms with E-state index in [9.17, 15) is 27.5 Å². The lowest BCUT2D eigenvalue weighted by Gasteiger charge is -2.27. The molecule has 1 aliphatic rings. The fraction of sp³-hybridized carbons (Fsp3) is 0.296. The molecule has 1 fully saturated rings. The molecular weight excluding hydrogens is 460 g/mol. The number of hydrogen-bond acceptors (Lipinski definition) is 3. The molecule has 3 N–H and O–H groups in total. The predicted octanol–water partition coefficient (Wildman–Crippen LogP) is 4.60. The van der Waals surface area contributed by atoms with Gasteiger partial charge in [-0.25, -0.2) is 17.6 Å².